The van der Waals surface area contributed by atoms with E-state index >= 15 is 0 Å². The van der Waals surface area contributed by atoms with Crippen LogP contribution in [0.1, 0.15) is 71.1 Å². The maximum atomic E-state index is 10.0. The fourth-order valence-electron chi connectivity index (χ4n) is 3.10. The van der Waals surface area contributed by atoms with Crippen molar-refractivity contribution in [3.05, 3.63) is 12.2 Å². The minimum absolute atomic E-state index is 0.0886. The molecule has 1 aliphatic heterocycles. The summed E-state index contributed by atoms with van der Waals surface area (Å²) in [6.07, 6.45) is 13.6. The van der Waals surface area contributed by atoms with E-state index in [1.54, 1.807) is 0 Å². The van der Waals surface area contributed by atoms with Crippen molar-refractivity contribution in [2.24, 2.45) is 0 Å². The molecule has 0 bridgehead atoms. The molecule has 1 rings (SSSR count). The lowest BCUT2D eigenvalue weighted by Gasteiger charge is -2.37. The first-order valence-electron chi connectivity index (χ1n) is 10.1. The molecule has 0 aromatic heterocycles. The molecule has 5 nitrogen and oxygen atoms in total. The van der Waals surface area contributed by atoms with Crippen LogP contribution in [0.4, 0.5) is 0 Å². The maximum absolute atomic E-state index is 10.0. The number of hydrogen-bond donors (Lipinski definition) is 3. The fourth-order valence-corrected chi connectivity index (χ4v) is 3.10. The largest absolute Gasteiger partial charge is 0.394 e. The monoisotopic (exact) mass is 358 g/mol. The van der Waals surface area contributed by atoms with Crippen LogP contribution in [0.25, 0.3) is 0 Å². The summed E-state index contributed by atoms with van der Waals surface area (Å²) in [5.74, 6) is 0. The molecule has 1 fully saturated rings. The summed E-state index contributed by atoms with van der Waals surface area (Å²) in [4.78, 5) is 0. The van der Waals surface area contributed by atoms with Crippen molar-refractivity contribution in [3.63, 3.8) is 0 Å². The van der Waals surface area contributed by atoms with Crippen molar-refractivity contribution in [2.45, 2.75) is 95.5 Å². The van der Waals surface area contributed by atoms with E-state index in [9.17, 15) is 10.2 Å². The van der Waals surface area contributed by atoms with Gasteiger partial charge < -0.3 is 24.8 Å². The van der Waals surface area contributed by atoms with E-state index in [4.69, 9.17) is 14.6 Å². The smallest absolute Gasteiger partial charge is 0.114 e. The summed E-state index contributed by atoms with van der Waals surface area (Å²) in [7, 11) is 0. The van der Waals surface area contributed by atoms with Gasteiger partial charge in [0.1, 0.15) is 24.4 Å². The van der Waals surface area contributed by atoms with Gasteiger partial charge in [0, 0.05) is 6.61 Å². The average molecular weight is 359 g/mol. The van der Waals surface area contributed by atoms with Crippen molar-refractivity contribution >= 4 is 0 Å². The van der Waals surface area contributed by atoms with Gasteiger partial charge in [-0.05, 0) is 25.7 Å². The van der Waals surface area contributed by atoms with Crippen molar-refractivity contribution in [3.8, 4) is 0 Å². The van der Waals surface area contributed by atoms with E-state index in [1.807, 2.05) is 0 Å². The van der Waals surface area contributed by atoms with Crippen molar-refractivity contribution in [2.75, 3.05) is 19.8 Å². The number of rotatable bonds is 14. The second-order valence-electron chi connectivity index (χ2n) is 6.97. The Hall–Kier alpha value is -0.460. The zero-order chi connectivity index (χ0) is 18.3. The van der Waals surface area contributed by atoms with Gasteiger partial charge in [0.2, 0.25) is 0 Å². The van der Waals surface area contributed by atoms with Crippen LogP contribution in [-0.2, 0) is 9.47 Å². The van der Waals surface area contributed by atoms with Gasteiger partial charge >= 0.3 is 0 Å². The molecule has 0 aromatic carbocycles. The number of allylic oxidation sites excluding steroid dienone is 2. The molecule has 4 atom stereocenters. The summed E-state index contributed by atoms with van der Waals surface area (Å²) in [5, 5.41) is 29.0. The highest BCUT2D eigenvalue weighted by molar-refractivity contribution is 4.88. The third kappa shape index (κ3) is 9.71. The highest BCUT2D eigenvalue weighted by atomic mass is 16.6. The van der Waals surface area contributed by atoms with Gasteiger partial charge in [-0.15, -0.1) is 0 Å². The molecule has 148 valence electrons. The Kier molecular flexibility index (Phi) is 13.3. The number of unbranched alkanes of at least 4 members (excludes halogenated alkanes) is 8. The third-order valence-electron chi connectivity index (χ3n) is 4.72. The van der Waals surface area contributed by atoms with Crippen molar-refractivity contribution in [1.82, 2.24) is 0 Å². The molecule has 0 radical (unpaired) electrons. The summed E-state index contributed by atoms with van der Waals surface area (Å²) in [5.41, 5.74) is 0. The first-order chi connectivity index (χ1) is 12.2. The van der Waals surface area contributed by atoms with Gasteiger partial charge in [-0.1, -0.05) is 57.6 Å². The molecule has 0 unspecified atom stereocenters. The molecular formula is C20H38O5. The van der Waals surface area contributed by atoms with Crippen molar-refractivity contribution < 1.29 is 24.8 Å². The number of aliphatic hydroxyl groups excluding tert-OH is 3. The summed E-state index contributed by atoms with van der Waals surface area (Å²) < 4.78 is 10.8. The number of ether oxygens (including phenoxy) is 2. The summed E-state index contributed by atoms with van der Waals surface area (Å²) in [6, 6.07) is 0. The molecule has 0 aromatic rings. The first-order valence-corrected chi connectivity index (χ1v) is 10.1. The minimum Gasteiger partial charge on any atom is -0.394 e. The summed E-state index contributed by atoms with van der Waals surface area (Å²) >= 11 is 0. The van der Waals surface area contributed by atoms with Crippen LogP contribution in [0.5, 0.6) is 0 Å². The highest BCUT2D eigenvalue weighted by Gasteiger charge is 2.38. The Morgan fingerprint density at radius 2 is 1.60 bits per heavy atom. The van der Waals surface area contributed by atoms with Gasteiger partial charge in [0.15, 0.2) is 0 Å². The predicted molar refractivity (Wildman–Crippen MR) is 99.6 cm³/mol. The predicted octanol–water partition coefficient (Wildman–Crippen LogP) is 2.96. The fraction of sp³-hybridized carbons (Fsp3) is 0.900. The van der Waals surface area contributed by atoms with E-state index < -0.39 is 24.4 Å². The van der Waals surface area contributed by atoms with E-state index in [1.165, 1.54) is 44.9 Å². The number of aliphatic hydroxyl groups is 3. The normalized spacial score (nSPS) is 27.2. The molecule has 0 aliphatic carbocycles. The topological polar surface area (TPSA) is 79.2 Å². The molecule has 1 saturated heterocycles. The van der Waals surface area contributed by atoms with Crippen LogP contribution in [0.15, 0.2) is 12.2 Å². The van der Waals surface area contributed by atoms with Gasteiger partial charge in [0.05, 0.1) is 13.2 Å². The van der Waals surface area contributed by atoms with Crippen LogP contribution in [-0.4, -0.2) is 59.6 Å². The molecule has 25 heavy (non-hydrogen) atoms. The lowest BCUT2D eigenvalue weighted by molar-refractivity contribution is -0.210. The zero-order valence-corrected chi connectivity index (χ0v) is 15.8. The van der Waals surface area contributed by atoms with Gasteiger partial charge in [0.25, 0.3) is 0 Å². The minimum atomic E-state index is -0.985. The van der Waals surface area contributed by atoms with Gasteiger partial charge in [-0.2, -0.15) is 0 Å². The Bertz CT molecular complexity index is 334. The van der Waals surface area contributed by atoms with Crippen LogP contribution in [0, 0.1) is 0 Å². The zero-order valence-electron chi connectivity index (χ0n) is 15.8. The van der Waals surface area contributed by atoms with Crippen LogP contribution in [0.3, 0.4) is 0 Å². The molecule has 1 aliphatic rings. The molecule has 5 heteroatoms. The SMILES string of the molecule is CCCCCCCCC/C=C/CCCO[C@H]1[C@H](O)[C@@H](CO)OC[C@@H]1O. The lowest BCUT2D eigenvalue weighted by Crippen LogP contribution is -2.55. The van der Waals surface area contributed by atoms with Gasteiger partial charge in [-0.25, -0.2) is 0 Å². The highest BCUT2D eigenvalue weighted by Crippen LogP contribution is 2.18. The molecular weight excluding hydrogens is 320 g/mol. The molecule has 0 amide bonds. The number of hydrogen-bond acceptors (Lipinski definition) is 5. The standard InChI is InChI=1S/C20H38O5/c1-2-3-4-5-6-7-8-9-10-11-12-13-14-24-20-17(22)16-25-18(15-21)19(20)23/h10-11,17-23H,2-9,12-16H2,1H3/b11-10+/t17-,18+,19+,20+/m0/s1. The van der Waals surface area contributed by atoms with E-state index in [0.717, 1.165) is 19.3 Å². The Morgan fingerprint density at radius 1 is 0.960 bits per heavy atom. The third-order valence-corrected chi connectivity index (χ3v) is 4.72. The quantitative estimate of drug-likeness (QED) is 0.329. The molecule has 0 saturated carbocycles. The van der Waals surface area contributed by atoms with Crippen LogP contribution in [0.2, 0.25) is 0 Å². The Labute approximate surface area is 153 Å². The Morgan fingerprint density at radius 3 is 2.28 bits per heavy atom. The van der Waals surface area contributed by atoms with E-state index in [-0.39, 0.29) is 13.2 Å². The molecule has 0 spiro atoms. The first kappa shape index (κ1) is 22.6. The second-order valence-corrected chi connectivity index (χ2v) is 6.97. The van der Waals surface area contributed by atoms with E-state index in [0.29, 0.717) is 6.61 Å². The lowest BCUT2D eigenvalue weighted by atomic mass is 10.0. The van der Waals surface area contributed by atoms with Gasteiger partial charge in [-0.3, -0.25) is 0 Å². The Balaban J connectivity index is 1.98. The summed E-state index contributed by atoms with van der Waals surface area (Å²) in [6.45, 7) is 2.55. The second kappa shape index (κ2) is 14.7. The maximum Gasteiger partial charge on any atom is 0.114 e. The average Bonchev–Trinajstić information content (AvgIpc) is 2.61. The van der Waals surface area contributed by atoms with Crippen molar-refractivity contribution in [1.29, 1.82) is 0 Å². The molecule has 3 N–H and O–H groups in total. The molecule has 1 heterocycles. The van der Waals surface area contributed by atoms with E-state index in [2.05, 4.69) is 19.1 Å². The van der Waals surface area contributed by atoms with Crippen LogP contribution < -0.4 is 0 Å². The van der Waals surface area contributed by atoms with Crippen LogP contribution >= 0.6 is 0 Å².